The summed E-state index contributed by atoms with van der Waals surface area (Å²) in [5.41, 5.74) is 1.06. The van der Waals surface area contributed by atoms with Crippen molar-refractivity contribution < 1.29 is 13.2 Å². The first-order chi connectivity index (χ1) is 15.7. The summed E-state index contributed by atoms with van der Waals surface area (Å²) in [6, 6.07) is 11.6. The van der Waals surface area contributed by atoms with Crippen LogP contribution in [0.3, 0.4) is 0 Å². The molecule has 0 spiro atoms. The van der Waals surface area contributed by atoms with Crippen molar-refractivity contribution in [2.75, 3.05) is 20.1 Å². The molecular formula is C23H19ClF3N5S. The molecule has 3 aromatic rings. The number of aromatic nitrogens is 2. The van der Waals surface area contributed by atoms with E-state index in [2.05, 4.69) is 16.2 Å². The lowest BCUT2D eigenvalue weighted by molar-refractivity contribution is -0.138. The summed E-state index contributed by atoms with van der Waals surface area (Å²) in [6.07, 6.45) is -0.363. The number of aliphatic imine (C=N–C) groups is 1. The number of halogens is 4. The molecule has 0 radical (unpaired) electrons. The Hall–Kier alpha value is -2.96. The van der Waals surface area contributed by atoms with Crippen LogP contribution in [0.15, 0.2) is 52.5 Å². The number of nitrogens with zero attached hydrogens (tertiary/aromatic N) is 5. The van der Waals surface area contributed by atoms with Gasteiger partial charge in [0.1, 0.15) is 0 Å². The SMILES string of the molecule is CN(CCC#N)C1=NCC(=Cc2ccc3c(cnn3Cc3ccc(Cl)cc3C(F)(F)F)c2)S1. The van der Waals surface area contributed by atoms with Crippen LogP contribution in [0, 0.1) is 11.3 Å². The van der Waals surface area contributed by atoms with E-state index >= 15 is 0 Å². The first kappa shape index (κ1) is 23.2. The average Bonchev–Trinajstić information content (AvgIpc) is 3.39. The molecule has 2 heterocycles. The van der Waals surface area contributed by atoms with E-state index in [1.165, 1.54) is 12.1 Å². The zero-order chi connectivity index (χ0) is 23.6. The Labute approximate surface area is 198 Å². The molecule has 170 valence electrons. The fraction of sp³-hybridized carbons (Fsp3) is 0.261. The lowest BCUT2D eigenvalue weighted by atomic mass is 10.1. The van der Waals surface area contributed by atoms with E-state index in [9.17, 15) is 13.2 Å². The number of nitriles is 1. The molecule has 0 unspecified atom stereocenters. The third-order valence-corrected chi connectivity index (χ3v) is 6.54. The van der Waals surface area contributed by atoms with Crippen LogP contribution in [0.2, 0.25) is 5.02 Å². The summed E-state index contributed by atoms with van der Waals surface area (Å²) in [6.45, 7) is 1.19. The minimum atomic E-state index is -4.49. The fourth-order valence-electron chi connectivity index (χ4n) is 3.53. The monoisotopic (exact) mass is 489 g/mol. The second-order valence-corrected chi connectivity index (χ2v) is 9.09. The molecule has 0 saturated heterocycles. The predicted octanol–water partition coefficient (Wildman–Crippen LogP) is 6.05. The molecule has 1 aliphatic heterocycles. The van der Waals surface area contributed by atoms with Crippen LogP contribution in [0.4, 0.5) is 13.2 Å². The van der Waals surface area contributed by atoms with Crippen molar-refractivity contribution in [2.45, 2.75) is 19.1 Å². The molecule has 0 bridgehead atoms. The Morgan fingerprint density at radius 2 is 2.09 bits per heavy atom. The zero-order valence-electron chi connectivity index (χ0n) is 17.6. The Balaban J connectivity index is 1.53. The number of hydrogen-bond acceptors (Lipinski definition) is 5. The van der Waals surface area contributed by atoms with Crippen LogP contribution < -0.4 is 0 Å². The Morgan fingerprint density at radius 3 is 2.85 bits per heavy atom. The summed E-state index contributed by atoms with van der Waals surface area (Å²) in [4.78, 5) is 7.57. The minimum Gasteiger partial charge on any atom is -0.353 e. The summed E-state index contributed by atoms with van der Waals surface area (Å²) in [7, 11) is 1.91. The van der Waals surface area contributed by atoms with E-state index in [0.717, 1.165) is 32.6 Å². The first-order valence-corrected chi connectivity index (χ1v) is 11.3. The maximum atomic E-state index is 13.4. The van der Waals surface area contributed by atoms with E-state index in [1.807, 2.05) is 36.2 Å². The van der Waals surface area contributed by atoms with Crippen molar-refractivity contribution in [2.24, 2.45) is 4.99 Å². The predicted molar refractivity (Wildman–Crippen MR) is 126 cm³/mol. The second-order valence-electron chi connectivity index (χ2n) is 7.56. The molecule has 0 saturated carbocycles. The molecule has 1 aromatic heterocycles. The van der Waals surface area contributed by atoms with Gasteiger partial charge in [-0.05, 0) is 41.5 Å². The van der Waals surface area contributed by atoms with Gasteiger partial charge in [0.15, 0.2) is 5.17 Å². The van der Waals surface area contributed by atoms with Gasteiger partial charge in [-0.15, -0.1) is 0 Å². The maximum absolute atomic E-state index is 13.4. The highest BCUT2D eigenvalue weighted by Gasteiger charge is 2.33. The Morgan fingerprint density at radius 1 is 1.27 bits per heavy atom. The third-order valence-electron chi connectivity index (χ3n) is 5.17. The van der Waals surface area contributed by atoms with Gasteiger partial charge >= 0.3 is 6.18 Å². The molecule has 0 amide bonds. The Bertz CT molecular complexity index is 1290. The van der Waals surface area contributed by atoms with Crippen molar-refractivity contribution in [3.05, 3.63) is 69.2 Å². The van der Waals surface area contributed by atoms with Crippen molar-refractivity contribution in [1.82, 2.24) is 14.7 Å². The van der Waals surface area contributed by atoms with E-state index in [0.29, 0.717) is 19.5 Å². The van der Waals surface area contributed by atoms with Crippen molar-refractivity contribution in [1.29, 1.82) is 5.26 Å². The molecule has 33 heavy (non-hydrogen) atoms. The maximum Gasteiger partial charge on any atom is 0.416 e. The lowest BCUT2D eigenvalue weighted by Crippen LogP contribution is -2.23. The number of fused-ring (bicyclic) bond motifs is 1. The number of hydrogen-bond donors (Lipinski definition) is 0. The van der Waals surface area contributed by atoms with Crippen molar-refractivity contribution in [3.8, 4) is 6.07 Å². The molecule has 0 fully saturated rings. The van der Waals surface area contributed by atoms with Gasteiger partial charge in [0.25, 0.3) is 0 Å². The normalized spacial score (nSPS) is 15.2. The van der Waals surface area contributed by atoms with Gasteiger partial charge in [0.2, 0.25) is 0 Å². The van der Waals surface area contributed by atoms with Gasteiger partial charge in [-0.3, -0.25) is 9.67 Å². The van der Waals surface area contributed by atoms with Crippen LogP contribution in [-0.2, 0) is 12.7 Å². The van der Waals surface area contributed by atoms with Gasteiger partial charge in [0.05, 0.1) is 42.9 Å². The van der Waals surface area contributed by atoms with E-state index in [4.69, 9.17) is 16.9 Å². The van der Waals surface area contributed by atoms with Crippen LogP contribution in [0.25, 0.3) is 17.0 Å². The number of amidine groups is 1. The first-order valence-electron chi connectivity index (χ1n) is 10.1. The molecule has 2 aromatic carbocycles. The summed E-state index contributed by atoms with van der Waals surface area (Å²) in [5, 5.41) is 14.8. The highest BCUT2D eigenvalue weighted by molar-refractivity contribution is 8.17. The van der Waals surface area contributed by atoms with Crippen LogP contribution in [0.1, 0.15) is 23.1 Å². The number of thioether (sulfide) groups is 1. The van der Waals surface area contributed by atoms with Gasteiger partial charge in [-0.25, -0.2) is 0 Å². The highest BCUT2D eigenvalue weighted by atomic mass is 35.5. The molecule has 10 heteroatoms. The lowest BCUT2D eigenvalue weighted by Gasteiger charge is -2.15. The molecule has 4 rings (SSSR count). The van der Waals surface area contributed by atoms with Crippen LogP contribution in [-0.4, -0.2) is 40.0 Å². The van der Waals surface area contributed by atoms with Crippen molar-refractivity contribution in [3.63, 3.8) is 0 Å². The summed E-state index contributed by atoms with van der Waals surface area (Å²) < 4.78 is 41.9. The number of rotatable bonds is 5. The average molecular weight is 490 g/mol. The van der Waals surface area contributed by atoms with E-state index in [1.54, 1.807) is 22.6 Å². The quantitative estimate of drug-likeness (QED) is 0.438. The molecule has 0 atom stereocenters. The molecule has 0 aliphatic carbocycles. The Kier molecular flexibility index (Phi) is 6.68. The molecular weight excluding hydrogens is 471 g/mol. The summed E-state index contributed by atoms with van der Waals surface area (Å²) in [5.74, 6) is 0. The van der Waals surface area contributed by atoms with Crippen LogP contribution >= 0.6 is 23.4 Å². The zero-order valence-corrected chi connectivity index (χ0v) is 19.2. The van der Waals surface area contributed by atoms with Gasteiger partial charge in [-0.1, -0.05) is 35.5 Å². The standard InChI is InChI=1S/C23H19ClF3N5S/c1-31(8-2-7-28)22-29-13-19(33-22)10-15-3-6-21-17(9-15)12-30-32(21)14-16-4-5-18(24)11-20(16)23(25,26)27/h3-6,9-12H,2,8,13-14H2,1H3. The minimum absolute atomic E-state index is 0.0158. The van der Waals surface area contributed by atoms with E-state index < -0.39 is 11.7 Å². The smallest absolute Gasteiger partial charge is 0.353 e. The largest absolute Gasteiger partial charge is 0.416 e. The molecule has 5 nitrogen and oxygen atoms in total. The van der Waals surface area contributed by atoms with Gasteiger partial charge < -0.3 is 4.90 Å². The second kappa shape index (κ2) is 9.49. The fourth-order valence-corrected chi connectivity index (χ4v) is 4.64. The van der Waals surface area contributed by atoms with Crippen molar-refractivity contribution >= 4 is 45.5 Å². The number of alkyl halides is 3. The number of benzene rings is 2. The van der Waals surface area contributed by atoms with Gasteiger partial charge in [0, 0.05) is 28.9 Å². The highest BCUT2D eigenvalue weighted by Crippen LogP contribution is 2.35. The van der Waals surface area contributed by atoms with Crippen LogP contribution in [0.5, 0.6) is 0 Å². The molecule has 1 aliphatic rings. The van der Waals surface area contributed by atoms with E-state index in [-0.39, 0.29) is 17.1 Å². The topological polar surface area (TPSA) is 57.2 Å². The summed E-state index contributed by atoms with van der Waals surface area (Å²) >= 11 is 7.35. The third kappa shape index (κ3) is 5.34. The van der Waals surface area contributed by atoms with Gasteiger partial charge in [-0.2, -0.15) is 23.5 Å². The molecule has 0 N–H and O–H groups in total.